The molecule has 20 heavy (non-hydrogen) atoms. The van der Waals surface area contributed by atoms with Crippen molar-refractivity contribution in [3.63, 3.8) is 0 Å². The highest BCUT2D eigenvalue weighted by atomic mass is 16.3. The Morgan fingerprint density at radius 2 is 1.85 bits per heavy atom. The van der Waals surface area contributed by atoms with Gasteiger partial charge in [-0.2, -0.15) is 0 Å². The van der Waals surface area contributed by atoms with Crippen molar-refractivity contribution in [3.8, 4) is 5.75 Å². The average Bonchev–Trinajstić information content (AvgIpc) is 2.47. The fourth-order valence-electron chi connectivity index (χ4n) is 2.12. The van der Waals surface area contributed by atoms with Gasteiger partial charge in [-0.05, 0) is 31.5 Å². The Labute approximate surface area is 119 Å². The van der Waals surface area contributed by atoms with Crippen molar-refractivity contribution in [2.24, 2.45) is 0 Å². The third-order valence-corrected chi connectivity index (χ3v) is 3.27. The molecule has 1 N–H and O–H groups in total. The Bertz CT molecular complexity index is 593. The van der Waals surface area contributed by atoms with Crippen LogP contribution in [0.4, 0.5) is 0 Å². The highest BCUT2D eigenvalue weighted by Crippen LogP contribution is 2.21. The molecule has 0 spiro atoms. The highest BCUT2D eigenvalue weighted by Gasteiger charge is 2.18. The lowest BCUT2D eigenvalue weighted by Gasteiger charge is -2.21. The van der Waals surface area contributed by atoms with Gasteiger partial charge in [-0.1, -0.05) is 42.0 Å². The molecule has 0 aliphatic carbocycles. The van der Waals surface area contributed by atoms with Crippen LogP contribution in [0.25, 0.3) is 0 Å². The zero-order valence-corrected chi connectivity index (χ0v) is 11.8. The second kappa shape index (κ2) is 6.24. The first kappa shape index (κ1) is 14.1. The summed E-state index contributed by atoms with van der Waals surface area (Å²) < 4.78 is 0. The Hall–Kier alpha value is -2.29. The van der Waals surface area contributed by atoms with Gasteiger partial charge >= 0.3 is 0 Å². The van der Waals surface area contributed by atoms with E-state index in [1.54, 1.807) is 23.1 Å². The van der Waals surface area contributed by atoms with Crippen LogP contribution in [0.1, 0.15) is 28.4 Å². The lowest BCUT2D eigenvalue weighted by molar-refractivity contribution is 0.0749. The van der Waals surface area contributed by atoms with Crippen molar-refractivity contribution in [2.75, 3.05) is 6.54 Å². The van der Waals surface area contributed by atoms with Gasteiger partial charge in [-0.15, -0.1) is 0 Å². The number of carbonyl (C=O) groups excluding carboxylic acids is 1. The number of nitrogens with zero attached hydrogens (tertiary/aromatic N) is 1. The molecule has 0 atom stereocenters. The first-order valence-corrected chi connectivity index (χ1v) is 6.74. The average molecular weight is 269 g/mol. The minimum Gasteiger partial charge on any atom is -0.507 e. The van der Waals surface area contributed by atoms with Gasteiger partial charge in [0.2, 0.25) is 0 Å². The van der Waals surface area contributed by atoms with Crippen molar-refractivity contribution >= 4 is 5.91 Å². The van der Waals surface area contributed by atoms with Crippen LogP contribution in [-0.2, 0) is 6.54 Å². The summed E-state index contributed by atoms with van der Waals surface area (Å²) in [5.41, 5.74) is 2.40. The molecule has 0 bridgehead atoms. The molecule has 2 rings (SSSR count). The van der Waals surface area contributed by atoms with Crippen LogP contribution in [0, 0.1) is 6.92 Å². The van der Waals surface area contributed by atoms with E-state index in [2.05, 4.69) is 0 Å². The van der Waals surface area contributed by atoms with Gasteiger partial charge in [0.15, 0.2) is 0 Å². The van der Waals surface area contributed by atoms with Crippen molar-refractivity contribution < 1.29 is 9.90 Å². The first-order valence-electron chi connectivity index (χ1n) is 6.74. The number of carbonyl (C=O) groups is 1. The fraction of sp³-hybridized carbons (Fsp3) is 0.235. The summed E-state index contributed by atoms with van der Waals surface area (Å²) in [4.78, 5) is 14.2. The lowest BCUT2D eigenvalue weighted by atomic mass is 10.1. The molecule has 0 aliphatic heterocycles. The maximum Gasteiger partial charge on any atom is 0.257 e. The topological polar surface area (TPSA) is 40.5 Å². The van der Waals surface area contributed by atoms with E-state index in [0.717, 1.165) is 11.1 Å². The molecule has 0 radical (unpaired) electrons. The predicted octanol–water partition coefficient (Wildman–Crippen LogP) is 3.36. The van der Waals surface area contributed by atoms with E-state index in [4.69, 9.17) is 0 Å². The molecule has 3 nitrogen and oxygen atoms in total. The number of aryl methyl sites for hydroxylation is 1. The van der Waals surface area contributed by atoms with Crippen molar-refractivity contribution in [3.05, 3.63) is 65.2 Å². The minimum absolute atomic E-state index is 0.0344. The number of rotatable bonds is 4. The summed E-state index contributed by atoms with van der Waals surface area (Å²) in [5.74, 6) is -0.107. The summed E-state index contributed by atoms with van der Waals surface area (Å²) in [6.07, 6.45) is 0. The van der Waals surface area contributed by atoms with Crippen LogP contribution in [0.15, 0.2) is 48.5 Å². The summed E-state index contributed by atoms with van der Waals surface area (Å²) >= 11 is 0. The predicted molar refractivity (Wildman–Crippen MR) is 79.7 cm³/mol. The second-order valence-corrected chi connectivity index (χ2v) is 4.83. The van der Waals surface area contributed by atoms with Gasteiger partial charge in [0.1, 0.15) is 5.75 Å². The van der Waals surface area contributed by atoms with Crippen LogP contribution in [-0.4, -0.2) is 22.5 Å². The zero-order chi connectivity index (χ0) is 14.5. The summed E-state index contributed by atoms with van der Waals surface area (Å²) in [7, 11) is 0. The smallest absolute Gasteiger partial charge is 0.257 e. The Kier molecular flexibility index (Phi) is 4.41. The molecular weight excluding hydrogens is 250 g/mol. The molecule has 1 amide bonds. The number of hydrogen-bond donors (Lipinski definition) is 1. The lowest BCUT2D eigenvalue weighted by Crippen LogP contribution is -2.30. The molecular formula is C17H19NO2. The molecule has 2 aromatic carbocycles. The normalized spacial score (nSPS) is 10.3. The number of hydrogen-bond acceptors (Lipinski definition) is 2. The first-order chi connectivity index (χ1) is 9.61. The summed E-state index contributed by atoms with van der Waals surface area (Å²) in [6.45, 7) is 4.99. The van der Waals surface area contributed by atoms with Gasteiger partial charge in [-0.25, -0.2) is 0 Å². The van der Waals surface area contributed by atoms with Crippen LogP contribution >= 0.6 is 0 Å². The summed E-state index contributed by atoms with van der Waals surface area (Å²) in [6, 6.07) is 14.9. The molecule has 104 valence electrons. The number of phenols is 1. The van der Waals surface area contributed by atoms with Crippen molar-refractivity contribution in [1.82, 2.24) is 4.90 Å². The van der Waals surface area contributed by atoms with Crippen LogP contribution in [0.5, 0.6) is 5.75 Å². The molecule has 0 unspecified atom stereocenters. The van der Waals surface area contributed by atoms with Gasteiger partial charge in [-0.3, -0.25) is 4.79 Å². The molecule has 0 heterocycles. The Morgan fingerprint density at radius 3 is 2.50 bits per heavy atom. The van der Waals surface area contributed by atoms with Gasteiger partial charge in [0.05, 0.1) is 5.56 Å². The second-order valence-electron chi connectivity index (χ2n) is 4.83. The largest absolute Gasteiger partial charge is 0.507 e. The quantitative estimate of drug-likeness (QED) is 0.924. The highest BCUT2D eigenvalue weighted by molar-refractivity contribution is 5.97. The molecule has 0 saturated carbocycles. The maximum absolute atomic E-state index is 12.5. The monoisotopic (exact) mass is 269 g/mol. The summed E-state index contributed by atoms with van der Waals surface area (Å²) in [5, 5.41) is 9.87. The molecule has 0 aliphatic rings. The van der Waals surface area contributed by atoms with Gasteiger partial charge < -0.3 is 10.0 Å². The molecule has 0 fully saturated rings. The molecule has 3 heteroatoms. The number of amides is 1. The van der Waals surface area contributed by atoms with E-state index in [-0.39, 0.29) is 11.7 Å². The molecule has 0 saturated heterocycles. The van der Waals surface area contributed by atoms with E-state index in [9.17, 15) is 9.90 Å². The number of phenolic OH excluding ortho intramolecular Hbond substituents is 1. The van der Waals surface area contributed by atoms with E-state index in [1.807, 2.05) is 44.2 Å². The fourth-order valence-corrected chi connectivity index (χ4v) is 2.12. The third-order valence-electron chi connectivity index (χ3n) is 3.27. The molecule has 2 aromatic rings. The zero-order valence-electron chi connectivity index (χ0n) is 11.8. The van der Waals surface area contributed by atoms with E-state index < -0.39 is 0 Å². The number of aromatic hydroxyl groups is 1. The van der Waals surface area contributed by atoms with Gasteiger partial charge in [0, 0.05) is 13.1 Å². The van der Waals surface area contributed by atoms with E-state index >= 15 is 0 Å². The SMILES string of the molecule is CCN(Cc1ccccc1)C(=O)c1cc(C)ccc1O. The van der Waals surface area contributed by atoms with Crippen LogP contribution < -0.4 is 0 Å². The van der Waals surface area contributed by atoms with E-state index in [0.29, 0.717) is 18.7 Å². The van der Waals surface area contributed by atoms with E-state index in [1.165, 1.54) is 0 Å². The molecule has 0 aromatic heterocycles. The van der Waals surface area contributed by atoms with Gasteiger partial charge in [0.25, 0.3) is 5.91 Å². The Balaban J connectivity index is 2.23. The van der Waals surface area contributed by atoms with Crippen LogP contribution in [0.2, 0.25) is 0 Å². The third kappa shape index (κ3) is 3.18. The minimum atomic E-state index is -0.141. The standard InChI is InChI=1S/C17H19NO2/c1-3-18(12-14-7-5-4-6-8-14)17(20)15-11-13(2)9-10-16(15)19/h4-11,19H,3,12H2,1-2H3. The van der Waals surface area contributed by atoms with Crippen LogP contribution in [0.3, 0.4) is 0 Å². The Morgan fingerprint density at radius 1 is 1.15 bits per heavy atom. The van der Waals surface area contributed by atoms with Crippen molar-refractivity contribution in [2.45, 2.75) is 20.4 Å². The number of benzene rings is 2. The maximum atomic E-state index is 12.5. The van der Waals surface area contributed by atoms with Crippen molar-refractivity contribution in [1.29, 1.82) is 0 Å².